The molecule has 1 fully saturated rings. The van der Waals surface area contributed by atoms with Crippen molar-refractivity contribution in [2.24, 2.45) is 5.92 Å². The highest BCUT2D eigenvalue weighted by atomic mass is 16.4. The maximum Gasteiger partial charge on any atom is 0.404 e. The summed E-state index contributed by atoms with van der Waals surface area (Å²) in [6.07, 6.45) is 2.67. The van der Waals surface area contributed by atoms with Crippen molar-refractivity contribution in [1.82, 2.24) is 25.5 Å². The van der Waals surface area contributed by atoms with Crippen molar-refractivity contribution in [1.29, 1.82) is 0 Å². The maximum absolute atomic E-state index is 13.9. The van der Waals surface area contributed by atoms with E-state index in [9.17, 15) is 9.59 Å². The minimum Gasteiger partial charge on any atom is -0.467 e. The largest absolute Gasteiger partial charge is 0.467 e. The van der Waals surface area contributed by atoms with Gasteiger partial charge in [-0.25, -0.2) is 14.8 Å². The van der Waals surface area contributed by atoms with Crippen LogP contribution in [0.2, 0.25) is 0 Å². The molecule has 4 N–H and O–H groups in total. The average molecular weight is 473 g/mol. The summed E-state index contributed by atoms with van der Waals surface area (Å²) in [6, 6.07) is 3.23. The Morgan fingerprint density at radius 1 is 1.32 bits per heavy atom. The Morgan fingerprint density at radius 3 is 2.71 bits per heavy atom. The van der Waals surface area contributed by atoms with E-state index < -0.39 is 6.09 Å². The number of amides is 2. The maximum atomic E-state index is 13.9. The fourth-order valence-corrected chi connectivity index (χ4v) is 4.01. The van der Waals surface area contributed by atoms with Gasteiger partial charge in [0.2, 0.25) is 0 Å². The molecular formula is C24H36N6O4. The SMILES string of the molecule is CC(C)CN(C(=O)c1cnc(C(C)(C)C)nc1NCc1ccco1)[C@@H]1CNC[C@H](NC(=O)O)C1. The molecule has 2 amide bonds. The van der Waals surface area contributed by atoms with Gasteiger partial charge in [-0.2, -0.15) is 0 Å². The zero-order chi connectivity index (χ0) is 24.9. The lowest BCUT2D eigenvalue weighted by Gasteiger charge is -2.39. The molecule has 1 aliphatic rings. The highest BCUT2D eigenvalue weighted by molar-refractivity contribution is 5.98. The summed E-state index contributed by atoms with van der Waals surface area (Å²) in [5, 5.41) is 18.2. The van der Waals surface area contributed by atoms with Gasteiger partial charge in [0.25, 0.3) is 5.91 Å². The van der Waals surface area contributed by atoms with Crippen molar-refractivity contribution in [3.63, 3.8) is 0 Å². The molecule has 0 aromatic carbocycles. The van der Waals surface area contributed by atoms with Crippen LogP contribution in [0.3, 0.4) is 0 Å². The van der Waals surface area contributed by atoms with Crippen molar-refractivity contribution in [3.05, 3.63) is 41.7 Å². The second kappa shape index (κ2) is 10.9. The van der Waals surface area contributed by atoms with Gasteiger partial charge in [-0.1, -0.05) is 34.6 Å². The van der Waals surface area contributed by atoms with Crippen molar-refractivity contribution < 1.29 is 19.1 Å². The normalized spacial score (nSPS) is 18.5. The van der Waals surface area contributed by atoms with Crippen molar-refractivity contribution >= 4 is 17.8 Å². The monoisotopic (exact) mass is 472 g/mol. The lowest BCUT2D eigenvalue weighted by Crippen LogP contribution is -2.57. The van der Waals surface area contributed by atoms with Crippen LogP contribution in [-0.4, -0.2) is 63.7 Å². The summed E-state index contributed by atoms with van der Waals surface area (Å²) in [5.41, 5.74) is 0.0945. The molecule has 0 spiro atoms. The van der Waals surface area contributed by atoms with Crippen LogP contribution in [0.1, 0.15) is 63.0 Å². The average Bonchev–Trinajstić information content (AvgIpc) is 3.28. The third-order valence-corrected chi connectivity index (χ3v) is 5.62. The zero-order valence-corrected chi connectivity index (χ0v) is 20.6. The van der Waals surface area contributed by atoms with Crippen molar-refractivity contribution in [2.75, 3.05) is 25.0 Å². The van der Waals surface area contributed by atoms with Crippen LogP contribution in [0.15, 0.2) is 29.0 Å². The van der Waals surface area contributed by atoms with Gasteiger partial charge in [0.1, 0.15) is 23.0 Å². The van der Waals surface area contributed by atoms with Gasteiger partial charge in [-0.05, 0) is 24.5 Å². The molecule has 2 aromatic rings. The van der Waals surface area contributed by atoms with E-state index in [1.807, 2.05) is 37.8 Å². The predicted molar refractivity (Wildman–Crippen MR) is 129 cm³/mol. The second-order valence-electron chi connectivity index (χ2n) is 10.2. The zero-order valence-electron chi connectivity index (χ0n) is 20.6. The quantitative estimate of drug-likeness (QED) is 0.461. The Labute approximate surface area is 200 Å². The summed E-state index contributed by atoms with van der Waals surface area (Å²) in [6.45, 7) is 12.2. The van der Waals surface area contributed by atoms with E-state index in [-0.39, 0.29) is 29.3 Å². The number of piperidine rings is 1. The van der Waals surface area contributed by atoms with Gasteiger partial charge in [0.15, 0.2) is 0 Å². The van der Waals surface area contributed by atoms with Crippen molar-refractivity contribution in [2.45, 2.75) is 65.1 Å². The molecule has 1 aliphatic heterocycles. The van der Waals surface area contributed by atoms with E-state index in [4.69, 9.17) is 14.5 Å². The van der Waals surface area contributed by atoms with Crippen LogP contribution in [0.4, 0.5) is 10.6 Å². The van der Waals surface area contributed by atoms with Gasteiger partial charge < -0.3 is 30.4 Å². The molecule has 10 heteroatoms. The van der Waals surface area contributed by atoms with Crippen LogP contribution in [0, 0.1) is 5.92 Å². The van der Waals surface area contributed by atoms with Crippen LogP contribution in [0.5, 0.6) is 0 Å². The smallest absolute Gasteiger partial charge is 0.404 e. The van der Waals surface area contributed by atoms with E-state index in [1.165, 1.54) is 0 Å². The summed E-state index contributed by atoms with van der Waals surface area (Å²) in [5.74, 6) is 1.86. The lowest BCUT2D eigenvalue weighted by atomic mass is 9.95. The predicted octanol–water partition coefficient (Wildman–Crippen LogP) is 3.08. The molecule has 0 aliphatic carbocycles. The third-order valence-electron chi connectivity index (χ3n) is 5.62. The number of aromatic nitrogens is 2. The topological polar surface area (TPSA) is 133 Å². The minimum atomic E-state index is -1.07. The van der Waals surface area contributed by atoms with Crippen LogP contribution < -0.4 is 16.0 Å². The summed E-state index contributed by atoms with van der Waals surface area (Å²) < 4.78 is 5.43. The Kier molecular flexibility index (Phi) is 8.14. The number of rotatable bonds is 8. The number of carboxylic acid groups (broad SMARTS) is 1. The molecule has 1 saturated heterocycles. The van der Waals surface area contributed by atoms with Crippen LogP contribution in [0.25, 0.3) is 0 Å². The molecule has 0 bridgehead atoms. The van der Waals surface area contributed by atoms with E-state index in [2.05, 4.69) is 34.8 Å². The van der Waals surface area contributed by atoms with E-state index >= 15 is 0 Å². The molecule has 3 heterocycles. The lowest BCUT2D eigenvalue weighted by molar-refractivity contribution is 0.0603. The first-order chi connectivity index (χ1) is 16.0. The number of hydrogen-bond donors (Lipinski definition) is 4. The second-order valence-corrected chi connectivity index (χ2v) is 10.2. The summed E-state index contributed by atoms with van der Waals surface area (Å²) >= 11 is 0. The van der Waals surface area contributed by atoms with Gasteiger partial charge >= 0.3 is 6.09 Å². The summed E-state index contributed by atoms with van der Waals surface area (Å²) in [7, 11) is 0. The fraction of sp³-hybridized carbons (Fsp3) is 0.583. The first kappa shape index (κ1) is 25.5. The van der Waals surface area contributed by atoms with Gasteiger partial charge in [0.05, 0.1) is 12.8 Å². The Hall–Kier alpha value is -3.14. The molecule has 0 unspecified atom stereocenters. The first-order valence-electron chi connectivity index (χ1n) is 11.7. The summed E-state index contributed by atoms with van der Waals surface area (Å²) in [4.78, 5) is 36.1. The number of hydrogen-bond acceptors (Lipinski definition) is 7. The Morgan fingerprint density at radius 2 is 2.09 bits per heavy atom. The van der Waals surface area contributed by atoms with Gasteiger partial charge in [-0.15, -0.1) is 0 Å². The molecule has 34 heavy (non-hydrogen) atoms. The highest BCUT2D eigenvalue weighted by Gasteiger charge is 2.33. The fourth-order valence-electron chi connectivity index (χ4n) is 4.01. The molecular weight excluding hydrogens is 436 g/mol. The number of nitrogens with one attached hydrogen (secondary N) is 3. The number of carbonyl (C=O) groups is 2. The standard InChI is InChI=1S/C24H36N6O4/c1-15(2)14-30(17-9-16(10-25-11-17)28-23(32)33)21(31)19-13-27-22(24(3,4)5)29-20(19)26-12-18-7-6-8-34-18/h6-8,13,15-17,25,28H,9-12,14H2,1-5H3,(H,32,33)(H,26,27,29)/t16-,17+/m1/s1. The highest BCUT2D eigenvalue weighted by Crippen LogP contribution is 2.25. The molecule has 2 atom stereocenters. The molecule has 186 valence electrons. The van der Waals surface area contributed by atoms with Crippen LogP contribution in [-0.2, 0) is 12.0 Å². The molecule has 2 aromatic heterocycles. The van der Waals surface area contributed by atoms with Gasteiger partial charge in [-0.3, -0.25) is 4.79 Å². The number of carbonyl (C=O) groups excluding carboxylic acids is 1. The third kappa shape index (κ3) is 6.69. The molecule has 10 nitrogen and oxygen atoms in total. The first-order valence-corrected chi connectivity index (χ1v) is 11.7. The van der Waals surface area contributed by atoms with Gasteiger partial charge in [0, 0.05) is 43.3 Å². The van der Waals surface area contributed by atoms with E-state index in [0.717, 1.165) is 5.76 Å². The number of anilines is 1. The van der Waals surface area contributed by atoms with E-state index in [0.29, 0.717) is 49.8 Å². The van der Waals surface area contributed by atoms with Crippen molar-refractivity contribution in [3.8, 4) is 0 Å². The number of nitrogens with zero attached hydrogens (tertiary/aromatic N) is 3. The van der Waals surface area contributed by atoms with E-state index in [1.54, 1.807) is 12.5 Å². The Bertz CT molecular complexity index is 970. The molecule has 3 rings (SSSR count). The minimum absolute atomic E-state index is 0.166. The molecule has 0 saturated carbocycles. The van der Waals surface area contributed by atoms with Crippen LogP contribution >= 0.6 is 0 Å². The Balaban J connectivity index is 1.91. The molecule has 0 radical (unpaired) electrons. The number of furan rings is 1.